The number of aryl methyl sites for hydroxylation is 1. The summed E-state index contributed by atoms with van der Waals surface area (Å²) in [4.78, 5) is 4.41. The molecule has 0 fully saturated rings. The number of rotatable bonds is 2. The highest BCUT2D eigenvalue weighted by Gasteiger charge is 2.17. The summed E-state index contributed by atoms with van der Waals surface area (Å²) in [7, 11) is 0. The highest BCUT2D eigenvalue weighted by Crippen LogP contribution is 2.33. The molecule has 0 saturated heterocycles. The lowest BCUT2D eigenvalue weighted by molar-refractivity contribution is 0.590. The van der Waals surface area contributed by atoms with Crippen LogP contribution in [0.4, 0.5) is 0 Å². The largest absolute Gasteiger partial charge is 0.306 e. The van der Waals surface area contributed by atoms with Crippen LogP contribution < -0.4 is 0 Å². The molecule has 3 heterocycles. The molecule has 7 heteroatoms. The maximum absolute atomic E-state index is 4.41. The Balaban J connectivity index is 1.89. The molecular weight excluding hydrogens is 392 g/mol. The first-order chi connectivity index (χ1) is 9.24. The maximum atomic E-state index is 4.41. The van der Waals surface area contributed by atoms with Gasteiger partial charge in [0.1, 0.15) is 10.9 Å². The molecule has 2 aromatic heterocycles. The van der Waals surface area contributed by atoms with Crippen molar-refractivity contribution in [3.8, 4) is 0 Å². The molecule has 0 saturated carbocycles. The fraction of sp³-hybridized carbons (Fsp3) is 0.417. The number of fused-ring (bicyclic) bond motifs is 1. The van der Waals surface area contributed by atoms with Gasteiger partial charge in [-0.3, -0.25) is 0 Å². The summed E-state index contributed by atoms with van der Waals surface area (Å²) in [6.07, 6.45) is 6.51. The van der Waals surface area contributed by atoms with Crippen molar-refractivity contribution in [2.45, 2.75) is 42.4 Å². The average Bonchev–Trinajstić information content (AvgIpc) is 2.61. The van der Waals surface area contributed by atoms with E-state index in [-0.39, 0.29) is 0 Å². The molecule has 19 heavy (non-hydrogen) atoms. The molecule has 3 rings (SSSR count). The van der Waals surface area contributed by atoms with E-state index in [1.54, 1.807) is 18.0 Å². The topological polar surface area (TPSA) is 43.6 Å². The fourth-order valence-corrected chi connectivity index (χ4v) is 4.15. The smallest absolute Gasteiger partial charge is 0.197 e. The molecule has 1 aliphatic heterocycles. The van der Waals surface area contributed by atoms with Crippen LogP contribution in [0.2, 0.25) is 0 Å². The zero-order chi connectivity index (χ0) is 13.2. The van der Waals surface area contributed by atoms with E-state index in [1.165, 1.54) is 19.3 Å². The molecule has 0 atom stereocenters. The Morgan fingerprint density at radius 1 is 1.16 bits per heavy atom. The Bertz CT molecular complexity index is 599. The SMILES string of the molecule is Brc1cnc(Sc2nnc3n2CCCCC3)c(Br)c1. The second kappa shape index (κ2) is 5.93. The van der Waals surface area contributed by atoms with Crippen LogP contribution in [0.25, 0.3) is 0 Å². The van der Waals surface area contributed by atoms with Crippen molar-refractivity contribution in [3.05, 3.63) is 27.0 Å². The summed E-state index contributed by atoms with van der Waals surface area (Å²) in [5, 5.41) is 10.5. The first kappa shape index (κ1) is 13.6. The molecule has 0 aliphatic carbocycles. The van der Waals surface area contributed by atoms with Gasteiger partial charge in [-0.2, -0.15) is 0 Å². The van der Waals surface area contributed by atoms with Crippen molar-refractivity contribution in [1.82, 2.24) is 19.7 Å². The Labute approximate surface area is 132 Å². The van der Waals surface area contributed by atoms with Gasteiger partial charge in [0.05, 0.1) is 4.47 Å². The number of nitrogens with zero attached hydrogens (tertiary/aromatic N) is 4. The number of halogens is 2. The van der Waals surface area contributed by atoms with E-state index in [2.05, 4.69) is 51.6 Å². The van der Waals surface area contributed by atoms with Gasteiger partial charge < -0.3 is 4.57 Å². The number of hydrogen-bond acceptors (Lipinski definition) is 4. The van der Waals surface area contributed by atoms with Crippen LogP contribution in [0.3, 0.4) is 0 Å². The monoisotopic (exact) mass is 402 g/mol. The van der Waals surface area contributed by atoms with Crippen LogP contribution in [-0.4, -0.2) is 19.7 Å². The van der Waals surface area contributed by atoms with Crippen LogP contribution in [0.15, 0.2) is 31.4 Å². The Morgan fingerprint density at radius 2 is 2.05 bits per heavy atom. The molecule has 0 bridgehead atoms. The van der Waals surface area contributed by atoms with Gasteiger partial charge in [-0.25, -0.2) is 4.98 Å². The van der Waals surface area contributed by atoms with E-state index in [0.717, 1.165) is 37.9 Å². The molecule has 1 aliphatic rings. The highest BCUT2D eigenvalue weighted by atomic mass is 79.9. The second-order valence-corrected chi connectivity index (χ2v) is 7.13. The van der Waals surface area contributed by atoms with Gasteiger partial charge in [0, 0.05) is 23.6 Å². The molecule has 0 unspecified atom stereocenters. The Kier molecular flexibility index (Phi) is 4.24. The van der Waals surface area contributed by atoms with Crippen molar-refractivity contribution in [1.29, 1.82) is 0 Å². The zero-order valence-electron chi connectivity index (χ0n) is 10.1. The lowest BCUT2D eigenvalue weighted by Crippen LogP contribution is -2.02. The number of pyridine rings is 1. The van der Waals surface area contributed by atoms with E-state index < -0.39 is 0 Å². The fourth-order valence-electron chi connectivity index (χ4n) is 2.10. The molecule has 0 radical (unpaired) electrons. The molecule has 100 valence electrons. The molecule has 0 aromatic carbocycles. The predicted molar refractivity (Wildman–Crippen MR) is 81.3 cm³/mol. The van der Waals surface area contributed by atoms with Crippen LogP contribution in [0, 0.1) is 0 Å². The molecular formula is C12H12Br2N4S. The Hall–Kier alpha value is -0.400. The summed E-state index contributed by atoms with van der Waals surface area (Å²) < 4.78 is 4.16. The van der Waals surface area contributed by atoms with Gasteiger partial charge in [0.2, 0.25) is 0 Å². The molecule has 0 N–H and O–H groups in total. The van der Waals surface area contributed by atoms with Gasteiger partial charge in [0.25, 0.3) is 0 Å². The summed E-state index contributed by atoms with van der Waals surface area (Å²) in [5.74, 6) is 1.10. The second-order valence-electron chi connectivity index (χ2n) is 4.40. The number of aromatic nitrogens is 4. The lowest BCUT2D eigenvalue weighted by Gasteiger charge is -2.07. The van der Waals surface area contributed by atoms with Gasteiger partial charge in [-0.15, -0.1) is 10.2 Å². The summed E-state index contributed by atoms with van der Waals surface area (Å²) in [5.41, 5.74) is 0. The van der Waals surface area contributed by atoms with E-state index in [9.17, 15) is 0 Å². The van der Waals surface area contributed by atoms with Crippen molar-refractivity contribution >= 4 is 43.6 Å². The third-order valence-corrected chi connectivity index (χ3v) is 5.34. The average molecular weight is 404 g/mol. The Morgan fingerprint density at radius 3 is 2.89 bits per heavy atom. The minimum absolute atomic E-state index is 0.919. The summed E-state index contributed by atoms with van der Waals surface area (Å²) >= 11 is 8.51. The molecule has 0 amide bonds. The third kappa shape index (κ3) is 3.03. The standard InChI is InChI=1S/C12H12Br2N4S/c13-8-6-9(14)11(15-7-8)19-12-17-16-10-4-2-1-3-5-18(10)12/h6-7H,1-5H2. The van der Waals surface area contributed by atoms with Crippen LogP contribution in [0.5, 0.6) is 0 Å². The normalized spacial score (nSPS) is 15.1. The van der Waals surface area contributed by atoms with Gasteiger partial charge >= 0.3 is 0 Å². The first-order valence-corrected chi connectivity index (χ1v) is 8.55. The first-order valence-electron chi connectivity index (χ1n) is 6.15. The molecule has 0 spiro atoms. The van der Waals surface area contributed by atoms with Crippen LogP contribution in [0.1, 0.15) is 25.1 Å². The van der Waals surface area contributed by atoms with E-state index >= 15 is 0 Å². The maximum Gasteiger partial charge on any atom is 0.197 e. The van der Waals surface area contributed by atoms with E-state index in [1.807, 2.05) is 6.07 Å². The summed E-state index contributed by atoms with van der Waals surface area (Å²) in [6.45, 7) is 1.01. The van der Waals surface area contributed by atoms with Crippen molar-refractivity contribution in [3.63, 3.8) is 0 Å². The lowest BCUT2D eigenvalue weighted by atomic mass is 10.2. The van der Waals surface area contributed by atoms with E-state index in [0.29, 0.717) is 0 Å². The number of hydrogen-bond donors (Lipinski definition) is 0. The predicted octanol–water partition coefficient (Wildman–Crippen LogP) is 4.08. The molecule has 2 aromatic rings. The highest BCUT2D eigenvalue weighted by molar-refractivity contribution is 9.11. The quantitative estimate of drug-likeness (QED) is 0.757. The minimum atomic E-state index is 0.919. The van der Waals surface area contributed by atoms with E-state index in [4.69, 9.17) is 0 Å². The van der Waals surface area contributed by atoms with Gasteiger partial charge in [-0.1, -0.05) is 6.42 Å². The van der Waals surface area contributed by atoms with Crippen molar-refractivity contribution < 1.29 is 0 Å². The minimum Gasteiger partial charge on any atom is -0.306 e. The summed E-state index contributed by atoms with van der Waals surface area (Å²) in [6, 6.07) is 2.00. The third-order valence-electron chi connectivity index (χ3n) is 3.04. The van der Waals surface area contributed by atoms with Crippen LogP contribution in [-0.2, 0) is 13.0 Å². The van der Waals surface area contributed by atoms with Crippen LogP contribution >= 0.6 is 43.6 Å². The van der Waals surface area contributed by atoms with Crippen molar-refractivity contribution in [2.24, 2.45) is 0 Å². The van der Waals surface area contributed by atoms with Crippen molar-refractivity contribution in [2.75, 3.05) is 0 Å². The molecule has 4 nitrogen and oxygen atoms in total. The van der Waals surface area contributed by atoms with Gasteiger partial charge in [-0.05, 0) is 62.5 Å². The van der Waals surface area contributed by atoms with Gasteiger partial charge in [0.15, 0.2) is 5.16 Å². The zero-order valence-corrected chi connectivity index (χ0v) is 14.1.